The van der Waals surface area contributed by atoms with E-state index in [1.165, 1.54) is 0 Å². The van der Waals surface area contributed by atoms with Crippen molar-refractivity contribution >= 4 is 27.4 Å². The van der Waals surface area contributed by atoms with Crippen molar-refractivity contribution in [2.45, 2.75) is 6.92 Å². The van der Waals surface area contributed by atoms with Gasteiger partial charge in [0.25, 0.3) is 0 Å². The second kappa shape index (κ2) is 7.77. The summed E-state index contributed by atoms with van der Waals surface area (Å²) in [6, 6.07) is 1.19. The highest BCUT2D eigenvalue weighted by atomic mass is 27.2. The molecule has 0 spiro atoms. The summed E-state index contributed by atoms with van der Waals surface area (Å²) in [7, 11) is 0. The van der Waals surface area contributed by atoms with E-state index in [9.17, 15) is 39.5 Å². The highest BCUT2D eigenvalue weighted by Gasteiger charge is 2.38. The maximum absolute atomic E-state index is 14.6. The van der Waals surface area contributed by atoms with Crippen molar-refractivity contribution in [2.75, 3.05) is 0 Å². The van der Waals surface area contributed by atoms with Crippen LogP contribution in [0, 0.1) is 59.3 Å². The van der Waals surface area contributed by atoms with Crippen molar-refractivity contribution in [1.29, 1.82) is 0 Å². The summed E-state index contributed by atoms with van der Waals surface area (Å²) in [4.78, 5) is 0. The Morgan fingerprint density at radius 2 is 0.931 bits per heavy atom. The van der Waals surface area contributed by atoms with Crippen molar-refractivity contribution in [1.82, 2.24) is 0 Å². The standard InChI is InChI=1S/C7H4F3.2C6H2F3.Al/c1-4-2-5(8)3-6(9)7(4)10;2*7-4-1-2-5(8)6(9)3-4;/h3H,1H3;2*1,3H;. The molecule has 0 amide bonds. The third-order valence-electron chi connectivity index (χ3n) is 4.41. The van der Waals surface area contributed by atoms with Crippen LogP contribution in [0.4, 0.5) is 39.5 Å². The van der Waals surface area contributed by atoms with Crippen molar-refractivity contribution in [2.24, 2.45) is 0 Å². The van der Waals surface area contributed by atoms with Crippen LogP contribution in [0.15, 0.2) is 30.3 Å². The lowest BCUT2D eigenvalue weighted by Crippen LogP contribution is -2.57. The van der Waals surface area contributed by atoms with Crippen LogP contribution in [0.3, 0.4) is 0 Å². The lowest BCUT2D eigenvalue weighted by Gasteiger charge is -2.19. The molecule has 0 aliphatic carbocycles. The SMILES string of the molecule is Cc1c(F)c(F)cc(F)[c]1[Al]([c]1cc(F)cc(F)c1F)[c]1cc(F)cc(F)c1F. The molecular formula is C19H8AlF9. The molecule has 3 rings (SSSR count). The molecule has 0 fully saturated rings. The van der Waals surface area contributed by atoms with E-state index < -0.39 is 85.3 Å². The number of benzene rings is 3. The van der Waals surface area contributed by atoms with Gasteiger partial charge >= 0.3 is 14.1 Å². The molecule has 10 heteroatoms. The van der Waals surface area contributed by atoms with Gasteiger partial charge in [-0.05, 0) is 24.6 Å². The Morgan fingerprint density at radius 3 is 1.38 bits per heavy atom. The van der Waals surface area contributed by atoms with Crippen LogP contribution in [0.1, 0.15) is 5.56 Å². The number of halogens is 9. The quantitative estimate of drug-likeness (QED) is 0.335. The summed E-state index contributed by atoms with van der Waals surface area (Å²) in [6.45, 7) is 0.873. The Hall–Kier alpha value is -2.44. The molecular weight excluding hydrogens is 426 g/mol. The predicted molar refractivity (Wildman–Crippen MR) is 88.3 cm³/mol. The summed E-state index contributed by atoms with van der Waals surface area (Å²) in [5.41, 5.74) is -0.743. The normalized spacial score (nSPS) is 11.1. The Kier molecular flexibility index (Phi) is 5.70. The Morgan fingerprint density at radius 1 is 0.517 bits per heavy atom. The smallest absolute Gasteiger partial charge is 0.208 e. The zero-order chi connectivity index (χ0) is 21.6. The van der Waals surface area contributed by atoms with Crippen LogP contribution in [0.2, 0.25) is 0 Å². The van der Waals surface area contributed by atoms with Crippen molar-refractivity contribution in [3.05, 3.63) is 88.3 Å². The average molecular weight is 434 g/mol. The second-order valence-electron chi connectivity index (χ2n) is 6.21. The maximum Gasteiger partial charge on any atom is 0.398 e. The summed E-state index contributed by atoms with van der Waals surface area (Å²) in [5.74, 6) is -14.3. The summed E-state index contributed by atoms with van der Waals surface area (Å²) >= 11 is -4.12. The highest BCUT2D eigenvalue weighted by molar-refractivity contribution is 6.96. The molecule has 0 aromatic heterocycles. The molecule has 0 aliphatic rings. The first-order chi connectivity index (χ1) is 13.5. The van der Waals surface area contributed by atoms with E-state index in [0.29, 0.717) is 12.1 Å². The van der Waals surface area contributed by atoms with Crippen molar-refractivity contribution in [3.63, 3.8) is 0 Å². The third kappa shape index (κ3) is 3.74. The van der Waals surface area contributed by atoms with Crippen LogP contribution in [-0.2, 0) is 0 Å². The van der Waals surface area contributed by atoms with Gasteiger partial charge in [0.05, 0.1) is 0 Å². The van der Waals surface area contributed by atoms with Crippen LogP contribution >= 0.6 is 0 Å². The van der Waals surface area contributed by atoms with Gasteiger partial charge in [-0.2, -0.15) is 0 Å². The number of hydrogen-bond acceptors (Lipinski definition) is 0. The van der Waals surface area contributed by atoms with E-state index in [0.717, 1.165) is 6.92 Å². The average Bonchev–Trinajstić information content (AvgIpc) is 2.63. The molecule has 0 saturated heterocycles. The maximum atomic E-state index is 14.6. The predicted octanol–water partition coefficient (Wildman–Crippen LogP) is 3.76. The molecule has 3 aromatic carbocycles. The first-order valence-corrected chi connectivity index (χ1v) is 9.69. The Balaban J connectivity index is 2.48. The van der Waals surface area contributed by atoms with Crippen molar-refractivity contribution in [3.8, 4) is 0 Å². The van der Waals surface area contributed by atoms with Gasteiger partial charge in [0, 0.05) is 18.2 Å². The first kappa shape index (κ1) is 21.3. The van der Waals surface area contributed by atoms with Crippen LogP contribution in [0.5, 0.6) is 0 Å². The van der Waals surface area contributed by atoms with E-state index in [2.05, 4.69) is 0 Å². The van der Waals surface area contributed by atoms with Gasteiger partial charge < -0.3 is 0 Å². The molecule has 0 atom stereocenters. The molecule has 0 radical (unpaired) electrons. The highest BCUT2D eigenvalue weighted by Crippen LogP contribution is 2.16. The van der Waals surface area contributed by atoms with E-state index in [4.69, 9.17) is 0 Å². The number of hydrogen-bond donors (Lipinski definition) is 0. The van der Waals surface area contributed by atoms with Crippen molar-refractivity contribution < 1.29 is 39.5 Å². The van der Waals surface area contributed by atoms with Gasteiger partial charge in [0.2, 0.25) is 0 Å². The molecule has 0 heterocycles. The minimum Gasteiger partial charge on any atom is -0.208 e. The molecule has 29 heavy (non-hydrogen) atoms. The van der Waals surface area contributed by atoms with E-state index in [1.807, 2.05) is 0 Å². The largest absolute Gasteiger partial charge is 0.398 e. The fourth-order valence-corrected chi connectivity index (χ4v) is 6.44. The van der Waals surface area contributed by atoms with E-state index in [-0.39, 0.29) is 18.2 Å². The van der Waals surface area contributed by atoms with Crippen LogP contribution in [-0.4, -0.2) is 14.1 Å². The molecule has 0 aliphatic heterocycles. The van der Waals surface area contributed by atoms with Gasteiger partial charge in [0.15, 0.2) is 23.3 Å². The Bertz CT molecular complexity index is 1070. The topological polar surface area (TPSA) is 0 Å². The first-order valence-electron chi connectivity index (χ1n) is 7.95. The minimum atomic E-state index is -4.12. The second-order valence-corrected chi connectivity index (χ2v) is 8.89. The molecule has 0 bridgehead atoms. The van der Waals surface area contributed by atoms with Gasteiger partial charge in [-0.15, -0.1) is 0 Å². The fourth-order valence-electron chi connectivity index (χ4n) is 3.13. The molecule has 3 aromatic rings. The van der Waals surface area contributed by atoms with E-state index >= 15 is 0 Å². The summed E-state index contributed by atoms with van der Waals surface area (Å²) in [5, 5.41) is 0. The monoisotopic (exact) mass is 434 g/mol. The van der Waals surface area contributed by atoms with E-state index in [1.54, 1.807) is 0 Å². The summed E-state index contributed by atoms with van der Waals surface area (Å²) < 4.78 is 123. The molecule has 0 nitrogen and oxygen atoms in total. The van der Waals surface area contributed by atoms with Gasteiger partial charge in [0.1, 0.15) is 29.1 Å². The van der Waals surface area contributed by atoms with Gasteiger partial charge in [-0.25, -0.2) is 39.5 Å². The summed E-state index contributed by atoms with van der Waals surface area (Å²) in [6.07, 6.45) is 0. The minimum absolute atomic E-state index is 0.0821. The molecule has 0 saturated carbocycles. The zero-order valence-electron chi connectivity index (χ0n) is 14.4. The molecule has 0 unspecified atom stereocenters. The zero-order valence-corrected chi connectivity index (χ0v) is 15.5. The molecule has 0 N–H and O–H groups in total. The number of rotatable bonds is 3. The third-order valence-corrected chi connectivity index (χ3v) is 7.78. The Labute approximate surface area is 162 Å². The van der Waals surface area contributed by atoms with Crippen LogP contribution < -0.4 is 13.3 Å². The lowest BCUT2D eigenvalue weighted by molar-refractivity contribution is 0.491. The van der Waals surface area contributed by atoms with Gasteiger partial charge in [-0.1, -0.05) is 13.3 Å². The fraction of sp³-hybridized carbons (Fsp3) is 0.0526. The van der Waals surface area contributed by atoms with Gasteiger partial charge in [-0.3, -0.25) is 0 Å². The lowest BCUT2D eigenvalue weighted by atomic mass is 10.2. The molecule has 150 valence electrons. The van der Waals surface area contributed by atoms with Crippen LogP contribution in [0.25, 0.3) is 0 Å².